The van der Waals surface area contributed by atoms with Gasteiger partial charge in [-0.05, 0) is 187 Å². The minimum absolute atomic E-state index is 0.000625. The molecule has 388 valence electrons. The van der Waals surface area contributed by atoms with Crippen LogP contribution >= 0.6 is 0 Å². The van der Waals surface area contributed by atoms with E-state index in [4.69, 9.17) is 4.42 Å². The average molecular weight is 1010 g/mol. The smallest absolute Gasteiger partial charge is 0.252 e. The third kappa shape index (κ3) is 7.60. The second-order valence-corrected chi connectivity index (χ2v) is 28.1. The van der Waals surface area contributed by atoms with Gasteiger partial charge < -0.3 is 19.1 Å². The van der Waals surface area contributed by atoms with Gasteiger partial charge >= 0.3 is 0 Å². The van der Waals surface area contributed by atoms with E-state index in [0.717, 1.165) is 57.5 Å². The number of furan rings is 1. The molecule has 13 rings (SSSR count). The fraction of sp³-hybridized carbons (Fsp3) is 0.333. The molecule has 0 bridgehead atoms. The highest BCUT2D eigenvalue weighted by molar-refractivity contribution is 7.00. The molecule has 4 nitrogen and oxygen atoms in total. The van der Waals surface area contributed by atoms with Crippen LogP contribution in [0.5, 0.6) is 0 Å². The fourth-order valence-corrected chi connectivity index (χ4v) is 14.6. The molecule has 4 aliphatic rings. The number of nitrogens with zero attached hydrogens (tertiary/aromatic N) is 3. The van der Waals surface area contributed by atoms with Crippen LogP contribution in [0.2, 0.25) is 0 Å². The first-order chi connectivity index (χ1) is 36.3. The highest BCUT2D eigenvalue weighted by Gasteiger charge is 2.49. The molecule has 1 aromatic heterocycles. The summed E-state index contributed by atoms with van der Waals surface area (Å²) in [5, 5.41) is 2.28. The van der Waals surface area contributed by atoms with Gasteiger partial charge in [0, 0.05) is 67.5 Å². The van der Waals surface area contributed by atoms with Crippen LogP contribution in [0.1, 0.15) is 155 Å². The summed E-state index contributed by atoms with van der Waals surface area (Å²) in [6.07, 6.45) is 3.44. The summed E-state index contributed by atoms with van der Waals surface area (Å²) in [4.78, 5) is 7.82. The van der Waals surface area contributed by atoms with E-state index in [9.17, 15) is 0 Å². The molecule has 0 atom stereocenters. The Morgan fingerprint density at radius 1 is 0.468 bits per heavy atom. The Kier molecular flexibility index (Phi) is 10.6. The second-order valence-electron chi connectivity index (χ2n) is 28.1. The van der Waals surface area contributed by atoms with Crippen LogP contribution in [-0.2, 0) is 32.5 Å². The standard InChI is InChI=1S/C72H76BN3O/c1-44-34-52-54(70(10,11)33-32-69(52,8)9)41-59(44)76-61-42-55-53(71(12,13)43-72(55,14)15)40-58(61)73-57-31-30-48(74(46-24-18-16-19-25-46)47-26-20-17-21-27-47)39-60(57)75(62-35-45(67(2,3)4)36-63(76)65(62)73)49-37-51-50-28-22-23-29-64(50)77-66(51)56(38-49)68(5,6)7/h16-31,34-42H,32-33,43H2,1-15H3. The number of aryl methyl sites for hydroxylation is 1. The lowest BCUT2D eigenvalue weighted by Gasteiger charge is -2.47. The molecule has 0 unspecified atom stereocenters. The lowest BCUT2D eigenvalue weighted by atomic mass is 9.33. The van der Waals surface area contributed by atoms with Gasteiger partial charge in [0.25, 0.3) is 6.71 Å². The van der Waals surface area contributed by atoms with Crippen molar-refractivity contribution in [1.82, 2.24) is 0 Å². The van der Waals surface area contributed by atoms with Crippen molar-refractivity contribution < 1.29 is 4.42 Å². The van der Waals surface area contributed by atoms with E-state index < -0.39 is 0 Å². The van der Waals surface area contributed by atoms with Crippen molar-refractivity contribution in [3.63, 3.8) is 0 Å². The van der Waals surface area contributed by atoms with Crippen molar-refractivity contribution in [3.05, 3.63) is 191 Å². The van der Waals surface area contributed by atoms with E-state index in [-0.39, 0.29) is 39.2 Å². The minimum atomic E-state index is -0.224. The molecule has 8 aromatic carbocycles. The molecule has 0 fully saturated rings. The Bertz CT molecular complexity index is 3860. The van der Waals surface area contributed by atoms with Gasteiger partial charge in [-0.2, -0.15) is 0 Å². The number of rotatable bonds is 5. The Labute approximate surface area is 459 Å². The first-order valence-corrected chi connectivity index (χ1v) is 28.5. The average Bonchev–Trinajstić information content (AvgIpc) is 3.91. The van der Waals surface area contributed by atoms with Crippen molar-refractivity contribution in [2.24, 2.45) is 0 Å². The van der Waals surface area contributed by atoms with E-state index in [2.05, 4.69) is 270 Å². The maximum Gasteiger partial charge on any atom is 0.252 e. The molecule has 0 radical (unpaired) electrons. The fourth-order valence-electron chi connectivity index (χ4n) is 14.6. The normalized spacial score (nSPS) is 17.5. The summed E-state index contributed by atoms with van der Waals surface area (Å²) >= 11 is 0. The maximum atomic E-state index is 6.88. The lowest BCUT2D eigenvalue weighted by molar-refractivity contribution is 0.332. The molecule has 0 amide bonds. The molecule has 9 aromatic rings. The summed E-state index contributed by atoms with van der Waals surface area (Å²) in [5.41, 5.74) is 26.2. The summed E-state index contributed by atoms with van der Waals surface area (Å²) in [6, 6.07) is 58.3. The quantitative estimate of drug-likeness (QED) is 0.160. The van der Waals surface area contributed by atoms with Crippen molar-refractivity contribution in [3.8, 4) is 0 Å². The zero-order valence-electron chi connectivity index (χ0n) is 48.4. The lowest BCUT2D eigenvalue weighted by Crippen LogP contribution is -2.61. The maximum absolute atomic E-state index is 6.88. The molecule has 5 heteroatoms. The summed E-state index contributed by atoms with van der Waals surface area (Å²) in [7, 11) is 0. The molecule has 2 aliphatic carbocycles. The van der Waals surface area contributed by atoms with Crippen LogP contribution in [-0.4, -0.2) is 6.71 Å². The topological polar surface area (TPSA) is 22.9 Å². The van der Waals surface area contributed by atoms with E-state index >= 15 is 0 Å². The largest absolute Gasteiger partial charge is 0.456 e. The number of hydrogen-bond donors (Lipinski definition) is 0. The van der Waals surface area contributed by atoms with Gasteiger partial charge in [0.15, 0.2) is 0 Å². The van der Waals surface area contributed by atoms with Crippen LogP contribution in [0, 0.1) is 6.92 Å². The van der Waals surface area contributed by atoms with Crippen molar-refractivity contribution in [1.29, 1.82) is 0 Å². The third-order valence-electron chi connectivity index (χ3n) is 18.6. The zero-order valence-corrected chi connectivity index (χ0v) is 48.4. The first kappa shape index (κ1) is 49.6. The molecular formula is C72H76BN3O. The van der Waals surface area contributed by atoms with E-state index in [1.165, 1.54) is 90.2 Å². The van der Waals surface area contributed by atoms with Gasteiger partial charge in [-0.3, -0.25) is 0 Å². The van der Waals surface area contributed by atoms with Crippen LogP contribution in [0.3, 0.4) is 0 Å². The number of hydrogen-bond acceptors (Lipinski definition) is 4. The Morgan fingerprint density at radius 3 is 1.64 bits per heavy atom. The molecule has 0 N–H and O–H groups in total. The van der Waals surface area contributed by atoms with E-state index in [0.29, 0.717) is 0 Å². The van der Waals surface area contributed by atoms with Gasteiger partial charge in [0.05, 0.1) is 0 Å². The van der Waals surface area contributed by atoms with Gasteiger partial charge in [-0.1, -0.05) is 170 Å². The third-order valence-corrected chi connectivity index (χ3v) is 18.6. The predicted octanol–water partition coefficient (Wildman–Crippen LogP) is 18.3. The number of anilines is 9. The minimum Gasteiger partial charge on any atom is -0.456 e. The Hall–Kier alpha value is -6.98. The number of para-hydroxylation sites is 3. The monoisotopic (exact) mass is 1010 g/mol. The van der Waals surface area contributed by atoms with Gasteiger partial charge in [0.2, 0.25) is 0 Å². The van der Waals surface area contributed by atoms with Crippen molar-refractivity contribution >= 4 is 96.2 Å². The summed E-state index contributed by atoms with van der Waals surface area (Å²) in [6.45, 7) is 36.3. The highest BCUT2D eigenvalue weighted by atomic mass is 16.3. The molecule has 77 heavy (non-hydrogen) atoms. The van der Waals surface area contributed by atoms with Crippen molar-refractivity contribution in [2.75, 3.05) is 14.7 Å². The Morgan fingerprint density at radius 2 is 1.01 bits per heavy atom. The van der Waals surface area contributed by atoms with Gasteiger partial charge in [0.1, 0.15) is 11.2 Å². The van der Waals surface area contributed by atoms with Crippen molar-refractivity contribution in [2.45, 2.75) is 156 Å². The molecule has 2 aliphatic heterocycles. The van der Waals surface area contributed by atoms with Crippen LogP contribution in [0.25, 0.3) is 21.9 Å². The predicted molar refractivity (Wildman–Crippen MR) is 331 cm³/mol. The SMILES string of the molecule is Cc1cc2c(cc1N1c3cc4c(cc3B3c5ccc(N(c6ccccc6)c6ccccc6)cc5N(c5cc(C(C)(C)C)c6oc7ccccc7c6c5)c5cc(C(C)(C)C)cc1c53)C(C)(C)CC4(C)C)C(C)(C)CCC2(C)C. The molecular weight excluding hydrogens is 934 g/mol. The summed E-state index contributed by atoms with van der Waals surface area (Å²) < 4.78 is 6.88. The van der Waals surface area contributed by atoms with E-state index in [1.807, 2.05) is 0 Å². The first-order valence-electron chi connectivity index (χ1n) is 28.5. The van der Waals surface area contributed by atoms with Gasteiger partial charge in [-0.25, -0.2) is 0 Å². The second kappa shape index (κ2) is 16.5. The number of benzene rings is 8. The van der Waals surface area contributed by atoms with Crippen LogP contribution in [0.4, 0.5) is 51.2 Å². The molecule has 0 spiro atoms. The van der Waals surface area contributed by atoms with Gasteiger partial charge in [-0.15, -0.1) is 0 Å². The summed E-state index contributed by atoms with van der Waals surface area (Å²) in [5.74, 6) is 0. The zero-order chi connectivity index (χ0) is 54.1. The van der Waals surface area contributed by atoms with Crippen LogP contribution < -0.4 is 31.1 Å². The number of fused-ring (bicyclic) bond motifs is 9. The van der Waals surface area contributed by atoms with Crippen LogP contribution in [0.15, 0.2) is 156 Å². The molecule has 3 heterocycles. The molecule has 0 saturated heterocycles. The highest BCUT2D eigenvalue weighted by Crippen LogP contribution is 2.56. The van der Waals surface area contributed by atoms with E-state index in [1.54, 1.807) is 0 Å². The Balaban J connectivity index is 1.19. The molecule has 0 saturated carbocycles.